The second kappa shape index (κ2) is 6.30. The fourth-order valence-corrected chi connectivity index (χ4v) is 1.95. The van der Waals surface area contributed by atoms with Crippen molar-refractivity contribution in [3.63, 3.8) is 0 Å². The molecule has 0 unspecified atom stereocenters. The summed E-state index contributed by atoms with van der Waals surface area (Å²) in [5, 5.41) is 10.1. The van der Waals surface area contributed by atoms with Crippen molar-refractivity contribution >= 4 is 5.91 Å². The molecule has 2 heterocycles. The van der Waals surface area contributed by atoms with Crippen molar-refractivity contribution in [1.82, 2.24) is 20.6 Å². The summed E-state index contributed by atoms with van der Waals surface area (Å²) in [5.41, 5.74) is 1.15. The molecule has 8 nitrogen and oxygen atoms in total. The van der Waals surface area contributed by atoms with Crippen molar-refractivity contribution in [2.75, 3.05) is 7.11 Å². The fourth-order valence-electron chi connectivity index (χ4n) is 1.95. The summed E-state index contributed by atoms with van der Waals surface area (Å²) in [5.74, 6) is 1.63. The number of aryl methyl sites for hydroxylation is 1. The average Bonchev–Trinajstić information content (AvgIpc) is 3.22. The first kappa shape index (κ1) is 14.8. The van der Waals surface area contributed by atoms with Crippen molar-refractivity contribution in [3.8, 4) is 17.2 Å². The van der Waals surface area contributed by atoms with Gasteiger partial charge in [-0.1, -0.05) is 10.3 Å². The van der Waals surface area contributed by atoms with Crippen molar-refractivity contribution < 1.29 is 18.6 Å². The van der Waals surface area contributed by atoms with Gasteiger partial charge in [-0.05, 0) is 31.2 Å². The Morgan fingerprint density at radius 3 is 2.70 bits per heavy atom. The van der Waals surface area contributed by atoms with Crippen LogP contribution in [0.4, 0.5) is 0 Å². The van der Waals surface area contributed by atoms with E-state index in [1.165, 1.54) is 6.20 Å². The number of methoxy groups -OCH3 is 1. The van der Waals surface area contributed by atoms with Gasteiger partial charge in [-0.15, -0.1) is 0 Å². The highest BCUT2D eigenvalue weighted by Gasteiger charge is 2.14. The minimum absolute atomic E-state index is 0.142. The van der Waals surface area contributed by atoms with Gasteiger partial charge in [-0.25, -0.2) is 0 Å². The number of carbonyl (C=O) groups excluding carboxylic acids is 1. The van der Waals surface area contributed by atoms with Gasteiger partial charge in [0.2, 0.25) is 0 Å². The van der Waals surface area contributed by atoms with E-state index >= 15 is 0 Å². The molecule has 0 spiro atoms. The molecule has 23 heavy (non-hydrogen) atoms. The van der Waals surface area contributed by atoms with E-state index in [1.54, 1.807) is 26.2 Å². The second-order valence-electron chi connectivity index (χ2n) is 4.72. The summed E-state index contributed by atoms with van der Waals surface area (Å²) in [4.78, 5) is 16.2. The summed E-state index contributed by atoms with van der Waals surface area (Å²) in [6, 6.07) is 7.23. The summed E-state index contributed by atoms with van der Waals surface area (Å²) in [7, 11) is 1.60. The van der Waals surface area contributed by atoms with Crippen LogP contribution in [-0.2, 0) is 6.54 Å². The van der Waals surface area contributed by atoms with Crippen LogP contribution in [0.1, 0.15) is 21.9 Å². The summed E-state index contributed by atoms with van der Waals surface area (Å²) < 4.78 is 15.1. The molecule has 0 saturated heterocycles. The SMILES string of the molecule is COc1ccc(-c2nc(CNC(=O)c3cnoc3C)no2)cc1. The predicted octanol–water partition coefficient (Wildman–Crippen LogP) is 1.97. The van der Waals surface area contributed by atoms with Gasteiger partial charge in [-0.3, -0.25) is 4.79 Å². The Bertz CT molecular complexity index is 807. The highest BCUT2D eigenvalue weighted by Crippen LogP contribution is 2.20. The third-order valence-corrected chi connectivity index (χ3v) is 3.21. The summed E-state index contributed by atoms with van der Waals surface area (Å²) >= 11 is 0. The topological polar surface area (TPSA) is 103 Å². The Labute approximate surface area is 131 Å². The van der Waals surface area contributed by atoms with Gasteiger partial charge in [0.25, 0.3) is 11.8 Å². The maximum absolute atomic E-state index is 11.9. The highest BCUT2D eigenvalue weighted by molar-refractivity contribution is 5.94. The first-order chi connectivity index (χ1) is 11.2. The number of rotatable bonds is 5. The number of hydrogen-bond donors (Lipinski definition) is 1. The quantitative estimate of drug-likeness (QED) is 0.767. The van der Waals surface area contributed by atoms with Crippen molar-refractivity contribution in [1.29, 1.82) is 0 Å². The molecule has 1 amide bonds. The van der Waals surface area contributed by atoms with Crippen LogP contribution in [-0.4, -0.2) is 28.3 Å². The average molecular weight is 314 g/mol. The number of amides is 1. The van der Waals surface area contributed by atoms with Crippen molar-refractivity contribution in [3.05, 3.63) is 47.6 Å². The van der Waals surface area contributed by atoms with Gasteiger partial charge in [-0.2, -0.15) is 4.98 Å². The molecule has 1 aromatic carbocycles. The predicted molar refractivity (Wildman–Crippen MR) is 78.7 cm³/mol. The Morgan fingerprint density at radius 2 is 2.04 bits per heavy atom. The zero-order chi connectivity index (χ0) is 16.2. The lowest BCUT2D eigenvalue weighted by Gasteiger charge is -1.99. The second-order valence-corrected chi connectivity index (χ2v) is 4.72. The molecule has 3 aromatic rings. The minimum Gasteiger partial charge on any atom is -0.497 e. The standard InChI is InChI=1S/C15H14N4O4/c1-9-12(7-17-22-9)14(20)16-8-13-18-15(23-19-13)10-3-5-11(21-2)6-4-10/h3-7H,8H2,1-2H3,(H,16,20). The number of aromatic nitrogens is 3. The van der Waals surface area contributed by atoms with Crippen LogP contribution in [0.3, 0.4) is 0 Å². The van der Waals surface area contributed by atoms with E-state index in [9.17, 15) is 4.79 Å². The van der Waals surface area contributed by atoms with Crippen LogP contribution in [0, 0.1) is 6.92 Å². The van der Waals surface area contributed by atoms with Crippen LogP contribution < -0.4 is 10.1 Å². The largest absolute Gasteiger partial charge is 0.497 e. The Kier molecular flexibility index (Phi) is 4.05. The number of benzene rings is 1. The Morgan fingerprint density at radius 1 is 1.26 bits per heavy atom. The van der Waals surface area contributed by atoms with E-state index in [4.69, 9.17) is 13.8 Å². The molecular weight excluding hydrogens is 300 g/mol. The van der Waals surface area contributed by atoms with Crippen molar-refractivity contribution in [2.24, 2.45) is 0 Å². The number of nitrogens with one attached hydrogen (secondary N) is 1. The molecule has 0 atom stereocenters. The van der Waals surface area contributed by atoms with Crippen LogP contribution in [0.5, 0.6) is 5.75 Å². The third kappa shape index (κ3) is 3.20. The zero-order valence-electron chi connectivity index (χ0n) is 12.6. The minimum atomic E-state index is -0.306. The normalized spacial score (nSPS) is 10.5. The van der Waals surface area contributed by atoms with E-state index in [2.05, 4.69) is 20.6 Å². The van der Waals surface area contributed by atoms with Gasteiger partial charge < -0.3 is 19.1 Å². The summed E-state index contributed by atoms with van der Waals surface area (Å²) in [6.45, 7) is 1.81. The molecule has 0 fully saturated rings. The monoisotopic (exact) mass is 314 g/mol. The molecule has 0 aliphatic carbocycles. The molecule has 118 valence electrons. The molecule has 8 heteroatoms. The van der Waals surface area contributed by atoms with Gasteiger partial charge in [0, 0.05) is 5.56 Å². The lowest BCUT2D eigenvalue weighted by atomic mass is 10.2. The van der Waals surface area contributed by atoms with Crippen LogP contribution in [0.25, 0.3) is 11.5 Å². The van der Waals surface area contributed by atoms with Crippen molar-refractivity contribution in [2.45, 2.75) is 13.5 Å². The number of ether oxygens (including phenoxy) is 1. The van der Waals surface area contributed by atoms with E-state index in [1.807, 2.05) is 12.1 Å². The smallest absolute Gasteiger partial charge is 0.257 e. The Balaban J connectivity index is 1.65. The van der Waals surface area contributed by atoms with E-state index in [-0.39, 0.29) is 12.5 Å². The maximum Gasteiger partial charge on any atom is 0.257 e. The highest BCUT2D eigenvalue weighted by atomic mass is 16.5. The van der Waals surface area contributed by atoms with Crippen LogP contribution in [0.2, 0.25) is 0 Å². The van der Waals surface area contributed by atoms with E-state index in [0.717, 1.165) is 11.3 Å². The number of nitrogens with zero attached hydrogens (tertiary/aromatic N) is 3. The lowest BCUT2D eigenvalue weighted by Crippen LogP contribution is -2.23. The maximum atomic E-state index is 11.9. The third-order valence-electron chi connectivity index (χ3n) is 3.21. The van der Waals surface area contributed by atoms with E-state index in [0.29, 0.717) is 23.0 Å². The number of hydrogen-bond acceptors (Lipinski definition) is 7. The lowest BCUT2D eigenvalue weighted by molar-refractivity contribution is 0.0948. The molecule has 0 radical (unpaired) electrons. The molecule has 1 N–H and O–H groups in total. The first-order valence-corrected chi connectivity index (χ1v) is 6.84. The van der Waals surface area contributed by atoms with Gasteiger partial charge in [0.1, 0.15) is 17.1 Å². The van der Waals surface area contributed by atoms with E-state index < -0.39 is 0 Å². The summed E-state index contributed by atoms with van der Waals surface area (Å²) in [6.07, 6.45) is 1.36. The zero-order valence-corrected chi connectivity index (χ0v) is 12.6. The number of carbonyl (C=O) groups is 1. The Hall–Kier alpha value is -3.16. The molecule has 0 aliphatic rings. The fraction of sp³-hybridized carbons (Fsp3) is 0.200. The molecule has 0 bridgehead atoms. The molecule has 0 saturated carbocycles. The molecule has 2 aromatic heterocycles. The first-order valence-electron chi connectivity index (χ1n) is 6.84. The molecule has 3 rings (SSSR count). The molecule has 0 aliphatic heterocycles. The van der Waals surface area contributed by atoms with Gasteiger partial charge in [0.15, 0.2) is 5.82 Å². The van der Waals surface area contributed by atoms with Gasteiger partial charge >= 0.3 is 0 Å². The molecular formula is C15H14N4O4. The van der Waals surface area contributed by atoms with Gasteiger partial charge in [0.05, 0.1) is 19.9 Å². The van der Waals surface area contributed by atoms with Crippen LogP contribution in [0.15, 0.2) is 39.5 Å². The van der Waals surface area contributed by atoms with Crippen LogP contribution >= 0.6 is 0 Å².